The van der Waals surface area contributed by atoms with Gasteiger partial charge in [-0.05, 0) is 41.9 Å². The molecule has 0 radical (unpaired) electrons. The number of pyridine rings is 1. The third-order valence-electron chi connectivity index (χ3n) is 2.92. The third-order valence-corrected chi connectivity index (χ3v) is 3.39. The molecule has 2 heterocycles. The van der Waals surface area contributed by atoms with Crippen molar-refractivity contribution in [2.24, 2.45) is 0 Å². The highest BCUT2D eigenvalue weighted by Gasteiger charge is 2.16. The molecule has 0 saturated heterocycles. The van der Waals surface area contributed by atoms with Crippen LogP contribution in [-0.4, -0.2) is 27.8 Å². The largest absolute Gasteiger partial charge is 0.469 e. The van der Waals surface area contributed by atoms with E-state index in [1.807, 2.05) is 26.0 Å². The van der Waals surface area contributed by atoms with Crippen LogP contribution in [0.4, 0.5) is 0 Å². The van der Waals surface area contributed by atoms with E-state index < -0.39 is 0 Å². The van der Waals surface area contributed by atoms with Crippen LogP contribution in [0.25, 0.3) is 5.82 Å². The lowest BCUT2D eigenvalue weighted by atomic mass is 10.1. The summed E-state index contributed by atoms with van der Waals surface area (Å²) in [5.41, 5.74) is 2.60. The molecule has 0 saturated carbocycles. The number of hydrogen-bond donors (Lipinski definition) is 0. The molecule has 0 aliphatic heterocycles. The first kappa shape index (κ1) is 13.7. The Kier molecular flexibility index (Phi) is 3.99. The fourth-order valence-corrected chi connectivity index (χ4v) is 2.10. The molecule has 0 aromatic carbocycles. The lowest BCUT2D eigenvalue weighted by Crippen LogP contribution is -2.07. The van der Waals surface area contributed by atoms with Crippen molar-refractivity contribution in [2.75, 3.05) is 7.11 Å². The van der Waals surface area contributed by atoms with Crippen molar-refractivity contribution in [3.63, 3.8) is 0 Å². The number of methoxy groups -OCH3 is 1. The van der Waals surface area contributed by atoms with Gasteiger partial charge in [0.05, 0.1) is 19.2 Å². The van der Waals surface area contributed by atoms with Gasteiger partial charge in [-0.15, -0.1) is 0 Å². The predicted octanol–water partition coefficient (Wildman–Crippen LogP) is 2.36. The normalized spacial score (nSPS) is 10.5. The number of nitrogens with zero attached hydrogens (tertiary/aromatic N) is 3. The number of halogens is 1. The minimum atomic E-state index is -0.269. The number of aromatic nitrogens is 3. The highest BCUT2D eigenvalue weighted by molar-refractivity contribution is 9.10. The zero-order valence-electron chi connectivity index (χ0n) is 11.0. The number of carbonyl (C=O) groups excluding carboxylic acids is 1. The lowest BCUT2D eigenvalue weighted by Gasteiger charge is -2.04. The average Bonchev–Trinajstić information content (AvgIpc) is 2.67. The van der Waals surface area contributed by atoms with Gasteiger partial charge in [0.15, 0.2) is 5.82 Å². The summed E-state index contributed by atoms with van der Waals surface area (Å²) in [4.78, 5) is 15.7. The molecule has 0 aliphatic carbocycles. The Morgan fingerprint density at radius 3 is 2.74 bits per heavy atom. The fraction of sp³-hybridized carbons (Fsp3) is 0.308. The minimum Gasteiger partial charge on any atom is -0.469 e. The van der Waals surface area contributed by atoms with Gasteiger partial charge in [0.1, 0.15) is 0 Å². The maximum absolute atomic E-state index is 11.4. The molecule has 0 bridgehead atoms. The highest BCUT2D eigenvalue weighted by atomic mass is 79.9. The van der Waals surface area contributed by atoms with E-state index in [1.54, 1.807) is 10.9 Å². The quantitative estimate of drug-likeness (QED) is 0.814. The van der Waals surface area contributed by atoms with Gasteiger partial charge >= 0.3 is 5.97 Å². The Hall–Kier alpha value is -1.69. The van der Waals surface area contributed by atoms with E-state index in [0.29, 0.717) is 0 Å². The molecular formula is C13H14BrN3O2. The molecule has 0 aliphatic rings. The molecule has 2 rings (SSSR count). The molecule has 0 spiro atoms. The van der Waals surface area contributed by atoms with Crippen LogP contribution in [0.15, 0.2) is 22.8 Å². The second-order valence-electron chi connectivity index (χ2n) is 4.15. The Morgan fingerprint density at radius 2 is 2.16 bits per heavy atom. The zero-order chi connectivity index (χ0) is 14.0. The molecule has 2 aromatic heterocycles. The molecule has 0 amide bonds. The Bertz CT molecular complexity index is 605. The van der Waals surface area contributed by atoms with Crippen LogP contribution in [0.5, 0.6) is 0 Å². The summed E-state index contributed by atoms with van der Waals surface area (Å²) in [6.07, 6.45) is 1.94. The molecule has 19 heavy (non-hydrogen) atoms. The molecule has 2 aromatic rings. The van der Waals surface area contributed by atoms with E-state index in [4.69, 9.17) is 4.74 Å². The SMILES string of the molecule is COC(=O)Cc1c(C)nn(-c2ccc(Br)cn2)c1C. The minimum absolute atomic E-state index is 0.227. The van der Waals surface area contributed by atoms with Crippen LogP contribution in [-0.2, 0) is 16.0 Å². The van der Waals surface area contributed by atoms with Gasteiger partial charge in [-0.2, -0.15) is 5.10 Å². The smallest absolute Gasteiger partial charge is 0.310 e. The molecule has 0 atom stereocenters. The first-order chi connectivity index (χ1) is 9.02. The van der Waals surface area contributed by atoms with Crippen LogP contribution in [0.2, 0.25) is 0 Å². The Morgan fingerprint density at radius 1 is 1.42 bits per heavy atom. The Balaban J connectivity index is 2.40. The van der Waals surface area contributed by atoms with E-state index >= 15 is 0 Å². The molecular weight excluding hydrogens is 310 g/mol. The number of rotatable bonds is 3. The second-order valence-corrected chi connectivity index (χ2v) is 5.06. The van der Waals surface area contributed by atoms with E-state index in [0.717, 1.165) is 27.2 Å². The third kappa shape index (κ3) is 2.84. The van der Waals surface area contributed by atoms with E-state index in [9.17, 15) is 4.79 Å². The van der Waals surface area contributed by atoms with Crippen LogP contribution in [0.1, 0.15) is 17.0 Å². The van der Waals surface area contributed by atoms with Crippen molar-refractivity contribution >= 4 is 21.9 Å². The number of carbonyl (C=O) groups is 1. The van der Waals surface area contributed by atoms with Crippen molar-refractivity contribution < 1.29 is 9.53 Å². The van der Waals surface area contributed by atoms with Gasteiger partial charge in [-0.3, -0.25) is 4.79 Å². The first-order valence-electron chi connectivity index (χ1n) is 5.76. The van der Waals surface area contributed by atoms with Crippen molar-refractivity contribution in [1.29, 1.82) is 0 Å². The Labute approximate surface area is 119 Å². The molecule has 100 valence electrons. The summed E-state index contributed by atoms with van der Waals surface area (Å²) in [6, 6.07) is 3.77. The van der Waals surface area contributed by atoms with Crippen LogP contribution < -0.4 is 0 Å². The van der Waals surface area contributed by atoms with Crippen molar-refractivity contribution in [2.45, 2.75) is 20.3 Å². The molecule has 0 N–H and O–H groups in total. The molecule has 6 heteroatoms. The van der Waals surface area contributed by atoms with Gasteiger partial charge in [0.25, 0.3) is 0 Å². The summed E-state index contributed by atoms with van der Waals surface area (Å²) in [6.45, 7) is 3.79. The van der Waals surface area contributed by atoms with Gasteiger partial charge in [-0.1, -0.05) is 0 Å². The van der Waals surface area contributed by atoms with Crippen LogP contribution in [0, 0.1) is 13.8 Å². The number of ether oxygens (including phenoxy) is 1. The van der Waals surface area contributed by atoms with Gasteiger partial charge < -0.3 is 4.74 Å². The number of aryl methyl sites for hydroxylation is 1. The van der Waals surface area contributed by atoms with Crippen molar-refractivity contribution in [3.05, 3.63) is 39.8 Å². The van der Waals surface area contributed by atoms with E-state index in [2.05, 4.69) is 26.0 Å². The van der Waals surface area contributed by atoms with E-state index in [-0.39, 0.29) is 12.4 Å². The summed E-state index contributed by atoms with van der Waals surface area (Å²) in [5, 5.41) is 4.43. The second kappa shape index (κ2) is 5.52. The summed E-state index contributed by atoms with van der Waals surface area (Å²) < 4.78 is 7.34. The standard InChI is InChI=1S/C13H14BrN3O2/c1-8-11(6-13(18)19-3)9(2)17(16-8)12-5-4-10(14)7-15-12/h4-5,7H,6H2,1-3H3. The molecule has 5 nitrogen and oxygen atoms in total. The number of esters is 1. The molecule has 0 fully saturated rings. The van der Waals surface area contributed by atoms with Gasteiger partial charge in [0, 0.05) is 21.9 Å². The van der Waals surface area contributed by atoms with Crippen LogP contribution in [0.3, 0.4) is 0 Å². The van der Waals surface area contributed by atoms with Crippen molar-refractivity contribution in [3.8, 4) is 5.82 Å². The molecule has 0 unspecified atom stereocenters. The highest BCUT2D eigenvalue weighted by Crippen LogP contribution is 2.18. The lowest BCUT2D eigenvalue weighted by molar-refractivity contribution is -0.139. The topological polar surface area (TPSA) is 57.0 Å². The maximum Gasteiger partial charge on any atom is 0.310 e. The summed E-state index contributed by atoms with van der Waals surface area (Å²) in [7, 11) is 1.38. The summed E-state index contributed by atoms with van der Waals surface area (Å²) >= 11 is 3.34. The fourth-order valence-electron chi connectivity index (χ4n) is 1.86. The number of hydrogen-bond acceptors (Lipinski definition) is 4. The maximum atomic E-state index is 11.4. The summed E-state index contributed by atoms with van der Waals surface area (Å²) in [5.74, 6) is 0.453. The first-order valence-corrected chi connectivity index (χ1v) is 6.56. The zero-order valence-corrected chi connectivity index (χ0v) is 12.6. The predicted molar refractivity (Wildman–Crippen MR) is 74.3 cm³/mol. The van der Waals surface area contributed by atoms with Crippen molar-refractivity contribution in [1.82, 2.24) is 14.8 Å². The monoisotopic (exact) mass is 323 g/mol. The van der Waals surface area contributed by atoms with E-state index in [1.165, 1.54) is 7.11 Å². The van der Waals surface area contributed by atoms with Gasteiger partial charge in [-0.25, -0.2) is 9.67 Å². The van der Waals surface area contributed by atoms with Gasteiger partial charge in [0.2, 0.25) is 0 Å². The average molecular weight is 324 g/mol. The van der Waals surface area contributed by atoms with Crippen LogP contribution >= 0.6 is 15.9 Å².